The number of hydrogen-bond donors (Lipinski definition) is 0. The molecule has 0 aromatic carbocycles. The van der Waals surface area contributed by atoms with Gasteiger partial charge < -0.3 is 0 Å². The monoisotopic (exact) mass is 168 g/mol. The summed E-state index contributed by atoms with van der Waals surface area (Å²) in [6.45, 7) is 13.5. The van der Waals surface area contributed by atoms with E-state index in [1.165, 1.54) is 0 Å². The van der Waals surface area contributed by atoms with Gasteiger partial charge in [0, 0.05) is 26.3 Å². The van der Waals surface area contributed by atoms with Gasteiger partial charge >= 0.3 is 0 Å². The molecule has 0 saturated carbocycles. The molecule has 11 heavy (non-hydrogen) atoms. The summed E-state index contributed by atoms with van der Waals surface area (Å²) in [5, 5.41) is 0. The minimum absolute atomic E-state index is 0. The molecule has 0 amide bonds. The first-order valence-electron chi connectivity index (χ1n) is 3.41. The molecule has 0 nitrogen and oxygen atoms in total. The maximum atomic E-state index is 2.25. The first kappa shape index (κ1) is 17.5. The number of thioether (sulfide) groups is 1. The Morgan fingerprint density at radius 2 is 0.818 bits per heavy atom. The molecule has 0 aromatic heterocycles. The van der Waals surface area contributed by atoms with Gasteiger partial charge in [0.2, 0.25) is 0 Å². The predicted molar refractivity (Wildman–Crippen MR) is 58.6 cm³/mol. The van der Waals surface area contributed by atoms with Crippen molar-refractivity contribution in [3.63, 3.8) is 0 Å². The van der Waals surface area contributed by atoms with E-state index in [2.05, 4.69) is 41.5 Å². The predicted octanol–water partition coefficient (Wildman–Crippen LogP) is 2.56. The molecular weight excluding hydrogens is 150 g/mol. The van der Waals surface area contributed by atoms with Crippen molar-refractivity contribution in [1.29, 1.82) is 0 Å². The largest absolute Gasteiger partial charge is 0.150 e. The first-order valence-corrected chi connectivity index (χ1v) is 4.22. The molecule has 6 radical (unpaired) electrons. The molecular formula is C8H18B2S. The summed E-state index contributed by atoms with van der Waals surface area (Å²) in [6, 6.07) is 0. The van der Waals surface area contributed by atoms with Gasteiger partial charge in [0.05, 0.1) is 0 Å². The van der Waals surface area contributed by atoms with Crippen LogP contribution >= 0.6 is 11.8 Å². The third-order valence-electron chi connectivity index (χ3n) is 0.612. The van der Waals surface area contributed by atoms with Crippen LogP contribution in [0.4, 0.5) is 0 Å². The van der Waals surface area contributed by atoms with Crippen molar-refractivity contribution < 1.29 is 0 Å². The van der Waals surface area contributed by atoms with Gasteiger partial charge in [0.1, 0.15) is 0 Å². The van der Waals surface area contributed by atoms with Crippen LogP contribution in [0.25, 0.3) is 0 Å². The van der Waals surface area contributed by atoms with E-state index < -0.39 is 0 Å². The average molecular weight is 168 g/mol. The number of hydrogen-bond acceptors (Lipinski definition) is 1. The Bertz CT molecular complexity index is 77.2. The summed E-state index contributed by atoms with van der Waals surface area (Å²) >= 11 is 2.01. The molecule has 3 heteroatoms. The van der Waals surface area contributed by atoms with Crippen LogP contribution in [0, 0.1) is 0 Å². The van der Waals surface area contributed by atoms with Crippen molar-refractivity contribution >= 4 is 28.6 Å². The van der Waals surface area contributed by atoms with Gasteiger partial charge in [-0.25, -0.2) is 0 Å². The highest BCUT2D eigenvalue weighted by molar-refractivity contribution is 8.01. The van der Waals surface area contributed by atoms with Crippen molar-refractivity contribution in [2.24, 2.45) is 0 Å². The van der Waals surface area contributed by atoms with E-state index in [-0.39, 0.29) is 16.8 Å². The Morgan fingerprint density at radius 3 is 0.818 bits per heavy atom. The van der Waals surface area contributed by atoms with E-state index in [1.807, 2.05) is 11.8 Å². The van der Waals surface area contributed by atoms with Crippen LogP contribution in [0.3, 0.4) is 0 Å². The molecule has 0 atom stereocenters. The molecule has 0 fully saturated rings. The van der Waals surface area contributed by atoms with E-state index in [0.29, 0.717) is 9.49 Å². The van der Waals surface area contributed by atoms with Crippen LogP contribution in [0.5, 0.6) is 0 Å². The molecule has 0 N–H and O–H groups in total. The maximum absolute atomic E-state index is 2.25. The van der Waals surface area contributed by atoms with Gasteiger partial charge in [-0.3, -0.25) is 0 Å². The smallest absolute Gasteiger partial charge is 0.00803 e. The summed E-state index contributed by atoms with van der Waals surface area (Å²) in [7, 11) is 0. The van der Waals surface area contributed by atoms with Crippen molar-refractivity contribution in [2.45, 2.75) is 51.0 Å². The second-order valence-electron chi connectivity index (χ2n) is 4.33. The van der Waals surface area contributed by atoms with Crippen LogP contribution in [0.2, 0.25) is 0 Å². The Morgan fingerprint density at radius 1 is 0.636 bits per heavy atom. The van der Waals surface area contributed by atoms with Gasteiger partial charge in [0.15, 0.2) is 0 Å². The minimum Gasteiger partial charge on any atom is -0.150 e. The summed E-state index contributed by atoms with van der Waals surface area (Å²) in [5.74, 6) is 0. The fourth-order valence-electron chi connectivity index (χ4n) is 0.919. The van der Waals surface area contributed by atoms with Crippen LogP contribution < -0.4 is 0 Å². The molecule has 0 aliphatic heterocycles. The van der Waals surface area contributed by atoms with Gasteiger partial charge in [-0.15, -0.1) is 0 Å². The SMILES string of the molecule is CC(C)(C)SC(C)(C)C.[B].[B]. The van der Waals surface area contributed by atoms with Crippen molar-refractivity contribution in [3.05, 3.63) is 0 Å². The van der Waals surface area contributed by atoms with Gasteiger partial charge in [-0.05, 0) is 0 Å². The summed E-state index contributed by atoms with van der Waals surface area (Å²) < 4.78 is 0.802. The lowest BCUT2D eigenvalue weighted by atomic mass is 10.2. The molecule has 0 aliphatic rings. The standard InChI is InChI=1S/C8H18S.2B/c1-7(2,3)9-8(4,5)6;;/h1-6H3;;. The van der Waals surface area contributed by atoms with E-state index in [1.54, 1.807) is 0 Å². The van der Waals surface area contributed by atoms with Gasteiger partial charge in [-0.1, -0.05) is 41.5 Å². The zero-order valence-corrected chi connectivity index (χ0v) is 9.38. The van der Waals surface area contributed by atoms with Crippen molar-refractivity contribution in [1.82, 2.24) is 0 Å². The first-order chi connectivity index (χ1) is 3.71. The zero-order valence-electron chi connectivity index (χ0n) is 8.56. The lowest BCUT2D eigenvalue weighted by molar-refractivity contribution is 0.740. The normalized spacial score (nSPS) is 11.5. The molecule has 0 aromatic rings. The van der Waals surface area contributed by atoms with Crippen molar-refractivity contribution in [3.8, 4) is 0 Å². The highest BCUT2D eigenvalue weighted by atomic mass is 32.2. The van der Waals surface area contributed by atoms with E-state index >= 15 is 0 Å². The van der Waals surface area contributed by atoms with Crippen LogP contribution in [0.15, 0.2) is 0 Å². The molecule has 0 spiro atoms. The molecule has 0 saturated heterocycles. The average Bonchev–Trinajstić information content (AvgIpc) is 1.14. The topological polar surface area (TPSA) is 0 Å². The molecule has 0 aliphatic carbocycles. The molecule has 0 heterocycles. The third-order valence-corrected chi connectivity index (χ3v) is 1.84. The van der Waals surface area contributed by atoms with Gasteiger partial charge in [-0.2, -0.15) is 11.8 Å². The van der Waals surface area contributed by atoms with Crippen LogP contribution in [-0.2, 0) is 0 Å². The van der Waals surface area contributed by atoms with Crippen LogP contribution in [0.1, 0.15) is 41.5 Å². The van der Waals surface area contributed by atoms with Gasteiger partial charge in [0.25, 0.3) is 0 Å². The Balaban J connectivity index is -0.000000320. The summed E-state index contributed by atoms with van der Waals surface area (Å²) in [6.07, 6.45) is 0. The fraction of sp³-hybridized carbons (Fsp3) is 1.00. The lowest BCUT2D eigenvalue weighted by Gasteiger charge is -2.28. The van der Waals surface area contributed by atoms with Crippen LogP contribution in [-0.4, -0.2) is 26.3 Å². The highest BCUT2D eigenvalue weighted by Crippen LogP contribution is 2.35. The molecule has 62 valence electrons. The van der Waals surface area contributed by atoms with E-state index in [0.717, 1.165) is 0 Å². The second-order valence-corrected chi connectivity index (χ2v) is 6.98. The Labute approximate surface area is 80.1 Å². The summed E-state index contributed by atoms with van der Waals surface area (Å²) in [4.78, 5) is 0. The minimum atomic E-state index is 0. The maximum Gasteiger partial charge on any atom is 0.00803 e. The van der Waals surface area contributed by atoms with E-state index in [4.69, 9.17) is 0 Å². The molecule has 0 bridgehead atoms. The molecule has 0 rings (SSSR count). The highest BCUT2D eigenvalue weighted by Gasteiger charge is 2.20. The number of rotatable bonds is 0. The Kier molecular flexibility index (Phi) is 8.26. The fourth-order valence-corrected chi connectivity index (χ4v) is 2.76. The van der Waals surface area contributed by atoms with E-state index in [9.17, 15) is 0 Å². The Hall–Kier alpha value is 0.480. The third kappa shape index (κ3) is 17.9. The lowest BCUT2D eigenvalue weighted by Crippen LogP contribution is -2.19. The zero-order chi connectivity index (χ0) is 7.71. The molecule has 0 unspecified atom stereocenters. The summed E-state index contributed by atoms with van der Waals surface area (Å²) in [5.41, 5.74) is 0. The van der Waals surface area contributed by atoms with Crippen molar-refractivity contribution in [2.75, 3.05) is 0 Å². The quantitative estimate of drug-likeness (QED) is 0.500. The second kappa shape index (κ2) is 5.18.